The Morgan fingerprint density at radius 1 is 1.09 bits per heavy atom. The molecule has 2 aromatic carbocycles. The molecule has 1 unspecified atom stereocenters. The van der Waals surface area contributed by atoms with Crippen molar-refractivity contribution in [1.82, 2.24) is 0 Å². The van der Waals surface area contributed by atoms with Gasteiger partial charge in [-0.1, -0.05) is 19.4 Å². The van der Waals surface area contributed by atoms with Gasteiger partial charge in [0.15, 0.2) is 5.60 Å². The van der Waals surface area contributed by atoms with Crippen molar-refractivity contribution in [3.05, 3.63) is 58.1 Å². The number of anilines is 1. The normalized spacial score (nSPS) is 16.2. The van der Waals surface area contributed by atoms with Crippen LogP contribution in [-0.4, -0.2) is 28.1 Å². The zero-order chi connectivity index (χ0) is 25.5. The number of halogens is 8. The van der Waals surface area contributed by atoms with Gasteiger partial charge in [-0.25, -0.2) is 0 Å². The number of nitro groups is 1. The van der Waals surface area contributed by atoms with E-state index in [0.717, 1.165) is 13.0 Å². The number of hydrogen-bond acceptors (Lipinski definition) is 5. The molecule has 0 aromatic heterocycles. The van der Waals surface area contributed by atoms with E-state index in [-0.39, 0.29) is 18.2 Å². The number of aliphatic hydroxyl groups is 1. The number of ether oxygens (including phenoxy) is 1. The van der Waals surface area contributed by atoms with E-state index >= 15 is 0 Å². The molecule has 0 heterocycles. The van der Waals surface area contributed by atoms with Gasteiger partial charge in [-0.15, -0.1) is 0 Å². The van der Waals surface area contributed by atoms with Gasteiger partial charge < -0.3 is 15.2 Å². The topological polar surface area (TPSA) is 102 Å². The second-order valence-corrected chi connectivity index (χ2v) is 9.35. The van der Waals surface area contributed by atoms with Gasteiger partial charge in [0.1, 0.15) is 22.8 Å². The Morgan fingerprint density at radius 3 is 2.09 bits per heavy atom. The largest absolute Gasteiger partial charge is 0.490 e. The molecule has 1 amide bonds. The number of amides is 1. The molecule has 16 heteroatoms. The minimum Gasteiger partial charge on any atom is -0.490 e. The maximum atomic E-state index is 13.0. The van der Waals surface area contributed by atoms with E-state index in [9.17, 15) is 52.6 Å². The Morgan fingerprint density at radius 2 is 1.64 bits per heavy atom. The van der Waals surface area contributed by atoms with Gasteiger partial charge in [-0.05, 0) is 43.3 Å². The van der Waals surface area contributed by atoms with Crippen molar-refractivity contribution < 1.29 is 52.2 Å². The number of nitrogens with zero attached hydrogens (tertiary/aromatic N) is 1. The Labute approximate surface area is 179 Å². The van der Waals surface area contributed by atoms with Gasteiger partial charge >= 0.3 is 16.4 Å². The Hall–Kier alpha value is -3.14. The van der Waals surface area contributed by atoms with Crippen LogP contribution in [0.5, 0.6) is 5.75 Å². The molecule has 0 aliphatic carbocycles. The first-order valence-corrected chi connectivity index (χ1v) is 10.4. The third kappa shape index (κ3) is 6.67. The number of carbonyl (C=O) groups excluding carboxylic acids is 1. The summed E-state index contributed by atoms with van der Waals surface area (Å²) >= 11 is 0. The summed E-state index contributed by atoms with van der Waals surface area (Å²) in [6.45, 7) is -0.0881. The molecule has 0 aliphatic rings. The maximum absolute atomic E-state index is 13.0. The second-order valence-electron chi connectivity index (χ2n) is 6.94. The van der Waals surface area contributed by atoms with E-state index in [0.29, 0.717) is 18.2 Å². The number of alkyl halides is 3. The molecule has 33 heavy (non-hydrogen) atoms. The molecule has 184 valence electrons. The molecule has 0 fully saturated rings. The van der Waals surface area contributed by atoms with Crippen molar-refractivity contribution in [3.63, 3.8) is 0 Å². The Bertz CT molecular complexity index is 1090. The van der Waals surface area contributed by atoms with Crippen LogP contribution >= 0.6 is 10.2 Å². The van der Waals surface area contributed by atoms with Gasteiger partial charge in [0.2, 0.25) is 0 Å². The average Bonchev–Trinajstić information content (AvgIpc) is 2.64. The second kappa shape index (κ2) is 7.44. The van der Waals surface area contributed by atoms with E-state index in [1.807, 2.05) is 5.32 Å². The highest BCUT2D eigenvalue weighted by Crippen LogP contribution is 3.02. The summed E-state index contributed by atoms with van der Waals surface area (Å²) in [7, 11) is -9.91. The number of benzene rings is 2. The first-order chi connectivity index (χ1) is 14.6. The average molecular weight is 510 g/mol. The lowest BCUT2D eigenvalue weighted by Crippen LogP contribution is -2.45. The zero-order valence-corrected chi connectivity index (χ0v) is 17.0. The number of rotatable bonds is 7. The SMILES string of the molecule is CC(O)(COc1ccc(S(F)(F)(F)(F)F)cc1)C(=O)Nc1ccc([N+](=O)[O-])c(C(F)(F)F)c1. The summed E-state index contributed by atoms with van der Waals surface area (Å²) < 4.78 is 107. The highest BCUT2D eigenvalue weighted by Gasteiger charge is 2.65. The lowest BCUT2D eigenvalue weighted by molar-refractivity contribution is -0.388. The molecule has 0 aliphatic heterocycles. The smallest absolute Gasteiger partial charge is 0.423 e. The molecule has 7 nitrogen and oxygen atoms in total. The van der Waals surface area contributed by atoms with Crippen LogP contribution in [0.25, 0.3) is 0 Å². The summed E-state index contributed by atoms with van der Waals surface area (Å²) in [5, 5.41) is 22.8. The third-order valence-electron chi connectivity index (χ3n) is 4.03. The van der Waals surface area contributed by atoms with Crippen LogP contribution in [0.4, 0.5) is 44.0 Å². The lowest BCUT2D eigenvalue weighted by Gasteiger charge is -2.40. The van der Waals surface area contributed by atoms with Crippen LogP contribution in [0.1, 0.15) is 12.5 Å². The molecule has 0 saturated heterocycles. The standard InChI is InChI=1S/C17H14F8N2O5S/c1-16(29,9-32-11-3-5-12(6-4-11)33(21,22,23,24)25)15(28)26-10-2-7-14(27(30)31)13(8-10)17(18,19)20/h2-8,29H,9H2,1H3,(H,26,28). The molecule has 2 N–H and O–H groups in total. The molecule has 2 aromatic rings. The van der Waals surface area contributed by atoms with E-state index in [1.54, 1.807) is 0 Å². The third-order valence-corrected chi connectivity index (χ3v) is 5.20. The summed E-state index contributed by atoms with van der Waals surface area (Å²) in [6.07, 6.45) is -5.13. The Balaban J connectivity index is 2.14. The van der Waals surface area contributed by atoms with Gasteiger partial charge in [0.05, 0.1) is 4.92 Å². The van der Waals surface area contributed by atoms with Gasteiger partial charge in [0, 0.05) is 11.8 Å². The van der Waals surface area contributed by atoms with Crippen molar-refractivity contribution in [2.75, 3.05) is 11.9 Å². The van der Waals surface area contributed by atoms with Crippen molar-refractivity contribution in [2.45, 2.75) is 23.6 Å². The summed E-state index contributed by atoms with van der Waals surface area (Å²) in [5.74, 6) is -1.75. The summed E-state index contributed by atoms with van der Waals surface area (Å²) in [4.78, 5) is 19.5. The highest BCUT2D eigenvalue weighted by atomic mass is 32.5. The zero-order valence-electron chi connectivity index (χ0n) is 16.2. The van der Waals surface area contributed by atoms with Gasteiger partial charge in [-0.3, -0.25) is 14.9 Å². The van der Waals surface area contributed by atoms with Crippen LogP contribution in [0.15, 0.2) is 47.4 Å². The van der Waals surface area contributed by atoms with Crippen molar-refractivity contribution in [3.8, 4) is 5.75 Å². The first-order valence-electron chi connectivity index (χ1n) is 8.46. The molecular formula is C17H14F8N2O5S. The van der Waals surface area contributed by atoms with Crippen LogP contribution in [0.2, 0.25) is 0 Å². The predicted molar refractivity (Wildman–Crippen MR) is 101 cm³/mol. The fourth-order valence-electron chi connectivity index (χ4n) is 2.35. The van der Waals surface area contributed by atoms with Crippen molar-refractivity contribution in [1.29, 1.82) is 0 Å². The van der Waals surface area contributed by atoms with Crippen molar-refractivity contribution >= 4 is 27.5 Å². The molecule has 0 bridgehead atoms. The fourth-order valence-corrected chi connectivity index (χ4v) is 3.00. The minimum absolute atomic E-state index is 0.0429. The summed E-state index contributed by atoms with van der Waals surface area (Å²) in [6, 6.07) is 2.67. The minimum atomic E-state index is -9.91. The van der Waals surface area contributed by atoms with E-state index in [1.165, 1.54) is 0 Å². The summed E-state index contributed by atoms with van der Waals surface area (Å²) in [5.41, 5.74) is -5.95. The van der Waals surface area contributed by atoms with Crippen LogP contribution < -0.4 is 10.1 Å². The predicted octanol–water partition coefficient (Wildman–Crippen LogP) is 6.04. The van der Waals surface area contributed by atoms with E-state index < -0.39 is 67.0 Å². The molecule has 0 radical (unpaired) electrons. The maximum Gasteiger partial charge on any atom is 0.423 e. The molecule has 0 spiro atoms. The number of nitro benzene ring substituents is 1. The first kappa shape index (κ1) is 26.1. The van der Waals surface area contributed by atoms with Crippen LogP contribution in [-0.2, 0) is 11.0 Å². The molecule has 1 atom stereocenters. The van der Waals surface area contributed by atoms with Gasteiger partial charge in [-0.2, -0.15) is 13.2 Å². The number of carbonyl (C=O) groups is 1. The monoisotopic (exact) mass is 510 g/mol. The highest BCUT2D eigenvalue weighted by molar-refractivity contribution is 8.45. The van der Waals surface area contributed by atoms with Crippen LogP contribution in [0, 0.1) is 10.1 Å². The quantitative estimate of drug-likeness (QED) is 0.269. The lowest BCUT2D eigenvalue weighted by atomic mass is 10.1. The fraction of sp³-hybridized carbons (Fsp3) is 0.235. The van der Waals surface area contributed by atoms with Crippen molar-refractivity contribution in [2.24, 2.45) is 0 Å². The molecular weight excluding hydrogens is 496 g/mol. The van der Waals surface area contributed by atoms with Gasteiger partial charge in [0.25, 0.3) is 11.6 Å². The van der Waals surface area contributed by atoms with E-state index in [2.05, 4.69) is 0 Å². The number of nitrogens with one attached hydrogen (secondary N) is 1. The Kier molecular flexibility index (Phi) is 5.89. The number of hydrogen-bond donors (Lipinski definition) is 2. The molecule has 0 saturated carbocycles. The van der Waals surface area contributed by atoms with E-state index in [4.69, 9.17) is 4.74 Å². The molecule has 2 rings (SSSR count). The van der Waals surface area contributed by atoms with Crippen LogP contribution in [0.3, 0.4) is 0 Å².